The maximum absolute atomic E-state index is 11.3. The van der Waals surface area contributed by atoms with Crippen LogP contribution in [0, 0.1) is 0 Å². The predicted octanol–water partition coefficient (Wildman–Crippen LogP) is 1.61. The highest BCUT2D eigenvalue weighted by Crippen LogP contribution is 2.30. The fourth-order valence-corrected chi connectivity index (χ4v) is 4.56. The maximum atomic E-state index is 11.3. The number of sulfone groups is 1. The van der Waals surface area contributed by atoms with Crippen LogP contribution >= 0.6 is 11.3 Å². The molecule has 1 saturated heterocycles. The Kier molecular flexibility index (Phi) is 2.62. The first-order valence-corrected chi connectivity index (χ1v) is 7.45. The Morgan fingerprint density at radius 3 is 2.93 bits per heavy atom. The minimum absolute atomic E-state index is 0.158. The van der Waals surface area contributed by atoms with E-state index >= 15 is 0 Å². The van der Waals surface area contributed by atoms with E-state index < -0.39 is 9.84 Å². The third-order valence-corrected chi connectivity index (χ3v) is 5.34. The van der Waals surface area contributed by atoms with Crippen molar-refractivity contribution in [2.75, 3.05) is 11.5 Å². The molecule has 1 aromatic heterocycles. The van der Waals surface area contributed by atoms with Crippen LogP contribution in [-0.2, 0) is 16.3 Å². The van der Waals surface area contributed by atoms with Crippen molar-refractivity contribution in [1.82, 2.24) is 4.98 Å². The molecular weight excluding hydrogens is 218 g/mol. The van der Waals surface area contributed by atoms with Gasteiger partial charge >= 0.3 is 0 Å². The van der Waals surface area contributed by atoms with Crippen LogP contribution < -0.4 is 0 Å². The van der Waals surface area contributed by atoms with Crippen molar-refractivity contribution in [2.24, 2.45) is 0 Å². The van der Waals surface area contributed by atoms with Crippen molar-refractivity contribution < 1.29 is 8.42 Å². The van der Waals surface area contributed by atoms with Crippen molar-refractivity contribution in [3.8, 4) is 0 Å². The Hall–Kier alpha value is -0.420. The summed E-state index contributed by atoms with van der Waals surface area (Å²) >= 11 is 1.60. The second kappa shape index (κ2) is 3.62. The van der Waals surface area contributed by atoms with Gasteiger partial charge in [-0.3, -0.25) is 0 Å². The number of hydrogen-bond acceptors (Lipinski definition) is 4. The van der Waals surface area contributed by atoms with Gasteiger partial charge < -0.3 is 0 Å². The number of aryl methyl sites for hydroxylation is 1. The first-order valence-electron chi connectivity index (χ1n) is 4.75. The summed E-state index contributed by atoms with van der Waals surface area (Å²) in [4.78, 5) is 4.43. The molecule has 0 spiro atoms. The highest BCUT2D eigenvalue weighted by atomic mass is 32.2. The second-order valence-corrected chi connectivity index (χ2v) is 6.75. The molecule has 14 heavy (non-hydrogen) atoms. The third-order valence-electron chi connectivity index (χ3n) is 2.51. The van der Waals surface area contributed by atoms with Crippen LogP contribution in [0.3, 0.4) is 0 Å². The van der Waals surface area contributed by atoms with Gasteiger partial charge in [-0.2, -0.15) is 0 Å². The largest absolute Gasteiger partial charge is 0.246 e. The van der Waals surface area contributed by atoms with E-state index in [1.807, 2.05) is 5.38 Å². The van der Waals surface area contributed by atoms with Crippen molar-refractivity contribution in [3.05, 3.63) is 16.1 Å². The van der Waals surface area contributed by atoms with E-state index in [0.29, 0.717) is 11.5 Å². The van der Waals surface area contributed by atoms with Crippen LogP contribution in [0.4, 0.5) is 0 Å². The van der Waals surface area contributed by atoms with Crippen LogP contribution in [0.5, 0.6) is 0 Å². The van der Waals surface area contributed by atoms with E-state index in [0.717, 1.165) is 23.5 Å². The van der Waals surface area contributed by atoms with Gasteiger partial charge in [0.05, 0.1) is 22.2 Å². The molecule has 0 radical (unpaired) electrons. The van der Waals surface area contributed by atoms with E-state index in [1.54, 1.807) is 11.3 Å². The normalized spacial score (nSPS) is 25.4. The van der Waals surface area contributed by atoms with E-state index in [9.17, 15) is 8.42 Å². The molecule has 1 aliphatic heterocycles. The molecule has 78 valence electrons. The van der Waals surface area contributed by atoms with E-state index in [2.05, 4.69) is 11.9 Å². The summed E-state index contributed by atoms with van der Waals surface area (Å²) in [7, 11) is -2.77. The number of rotatable bonds is 2. The first-order chi connectivity index (χ1) is 6.61. The van der Waals surface area contributed by atoms with Crippen molar-refractivity contribution in [2.45, 2.75) is 25.7 Å². The number of nitrogens with zero attached hydrogens (tertiary/aromatic N) is 1. The lowest BCUT2D eigenvalue weighted by atomic mass is 10.1. The fourth-order valence-electron chi connectivity index (χ4n) is 1.66. The summed E-state index contributed by atoms with van der Waals surface area (Å²) in [6.07, 6.45) is 1.68. The third kappa shape index (κ3) is 1.98. The summed E-state index contributed by atoms with van der Waals surface area (Å²) in [6.45, 7) is 2.06. The van der Waals surface area contributed by atoms with Crippen LogP contribution in [0.15, 0.2) is 5.38 Å². The van der Waals surface area contributed by atoms with Gasteiger partial charge in [-0.05, 0) is 12.8 Å². The molecule has 1 fully saturated rings. The lowest BCUT2D eigenvalue weighted by molar-refractivity contribution is 0.601. The monoisotopic (exact) mass is 231 g/mol. The van der Waals surface area contributed by atoms with Gasteiger partial charge in [0.25, 0.3) is 0 Å². The van der Waals surface area contributed by atoms with Crippen molar-refractivity contribution in [3.63, 3.8) is 0 Å². The molecule has 0 amide bonds. The molecule has 2 rings (SSSR count). The maximum Gasteiger partial charge on any atom is 0.151 e. The molecule has 0 aromatic carbocycles. The Morgan fingerprint density at radius 1 is 1.64 bits per heavy atom. The molecule has 1 atom stereocenters. The topological polar surface area (TPSA) is 47.0 Å². The Balaban J connectivity index is 2.17. The lowest BCUT2D eigenvalue weighted by Crippen LogP contribution is -2.03. The van der Waals surface area contributed by atoms with Crippen molar-refractivity contribution >= 4 is 21.2 Å². The minimum atomic E-state index is -2.77. The van der Waals surface area contributed by atoms with E-state index in [1.165, 1.54) is 0 Å². The quantitative estimate of drug-likeness (QED) is 0.777. The van der Waals surface area contributed by atoms with Gasteiger partial charge in [-0.25, -0.2) is 13.4 Å². The highest BCUT2D eigenvalue weighted by Gasteiger charge is 2.30. The zero-order chi connectivity index (χ0) is 10.2. The van der Waals surface area contributed by atoms with Crippen LogP contribution in [-0.4, -0.2) is 24.9 Å². The summed E-state index contributed by atoms with van der Waals surface area (Å²) in [5.41, 5.74) is 1.08. The average molecular weight is 231 g/mol. The summed E-state index contributed by atoms with van der Waals surface area (Å²) < 4.78 is 22.5. The molecule has 1 aliphatic rings. The number of hydrogen-bond donors (Lipinski definition) is 0. The van der Waals surface area contributed by atoms with Crippen LogP contribution in [0.2, 0.25) is 0 Å². The highest BCUT2D eigenvalue weighted by molar-refractivity contribution is 7.91. The Labute approximate surface area is 88.1 Å². The number of thiazole rings is 1. The van der Waals surface area contributed by atoms with Crippen LogP contribution in [0.25, 0.3) is 0 Å². The molecular formula is C9H13NO2S2. The zero-order valence-electron chi connectivity index (χ0n) is 8.06. The molecule has 5 heteroatoms. The van der Waals surface area contributed by atoms with E-state index in [4.69, 9.17) is 0 Å². The fraction of sp³-hybridized carbons (Fsp3) is 0.667. The summed E-state index contributed by atoms with van der Waals surface area (Å²) in [5, 5.41) is 3.03. The first kappa shape index (κ1) is 10.1. The van der Waals surface area contributed by atoms with Gasteiger partial charge in [-0.1, -0.05) is 6.92 Å². The average Bonchev–Trinajstić information content (AvgIpc) is 2.70. The van der Waals surface area contributed by atoms with Crippen molar-refractivity contribution in [1.29, 1.82) is 0 Å². The predicted molar refractivity (Wildman–Crippen MR) is 57.5 cm³/mol. The smallest absolute Gasteiger partial charge is 0.151 e. The lowest BCUT2D eigenvalue weighted by Gasteiger charge is -2.00. The minimum Gasteiger partial charge on any atom is -0.246 e. The molecule has 1 unspecified atom stereocenters. The standard InChI is InChI=1S/C9H13NO2S2/c1-2-8-5-13-9(10-8)7-3-4-14(11,12)6-7/h5,7H,2-4,6H2,1H3. The molecule has 2 heterocycles. The van der Waals surface area contributed by atoms with Gasteiger partial charge in [0.1, 0.15) is 0 Å². The molecule has 0 N–H and O–H groups in total. The Morgan fingerprint density at radius 2 is 2.43 bits per heavy atom. The van der Waals surface area contributed by atoms with E-state index in [-0.39, 0.29) is 5.92 Å². The molecule has 1 aromatic rings. The summed E-state index contributed by atoms with van der Waals surface area (Å²) in [6, 6.07) is 0. The summed E-state index contributed by atoms with van der Waals surface area (Å²) in [5.74, 6) is 0.785. The molecule has 3 nitrogen and oxygen atoms in total. The molecule has 0 aliphatic carbocycles. The Bertz CT molecular complexity index is 422. The van der Waals surface area contributed by atoms with Gasteiger partial charge in [0.2, 0.25) is 0 Å². The van der Waals surface area contributed by atoms with Gasteiger partial charge in [0, 0.05) is 11.3 Å². The SMILES string of the molecule is CCc1csc(C2CCS(=O)(=O)C2)n1. The molecule has 0 saturated carbocycles. The molecule has 0 bridgehead atoms. The zero-order valence-corrected chi connectivity index (χ0v) is 9.70. The number of aromatic nitrogens is 1. The van der Waals surface area contributed by atoms with Gasteiger partial charge in [0.15, 0.2) is 9.84 Å². The van der Waals surface area contributed by atoms with Crippen LogP contribution in [0.1, 0.15) is 30.0 Å². The second-order valence-electron chi connectivity index (χ2n) is 3.63. The van der Waals surface area contributed by atoms with Gasteiger partial charge in [-0.15, -0.1) is 11.3 Å².